The first-order valence-corrected chi connectivity index (χ1v) is 9.36. The number of hydrogen-bond donors (Lipinski definition) is 1. The molecule has 3 heteroatoms. The number of nitrogens with one attached hydrogen (secondary N) is 1. The van der Waals surface area contributed by atoms with Crippen molar-refractivity contribution < 1.29 is 0 Å². The monoisotopic (exact) mass is 324 g/mol. The normalized spacial score (nSPS) is 23.3. The molecule has 0 amide bonds. The molecule has 2 aromatic rings. The highest BCUT2D eigenvalue weighted by molar-refractivity contribution is 7.99. The van der Waals surface area contributed by atoms with E-state index in [0.717, 1.165) is 13.1 Å². The van der Waals surface area contributed by atoms with Crippen LogP contribution >= 0.6 is 11.8 Å². The molecule has 0 aromatic heterocycles. The number of hydrogen-bond acceptors (Lipinski definition) is 3. The fourth-order valence-corrected chi connectivity index (χ4v) is 4.87. The van der Waals surface area contributed by atoms with Gasteiger partial charge in [0.25, 0.3) is 0 Å². The summed E-state index contributed by atoms with van der Waals surface area (Å²) >= 11 is 1.90. The van der Waals surface area contributed by atoms with Crippen molar-refractivity contribution in [1.29, 1.82) is 0 Å². The van der Waals surface area contributed by atoms with Gasteiger partial charge >= 0.3 is 0 Å². The summed E-state index contributed by atoms with van der Waals surface area (Å²) in [6.07, 6.45) is 2.65. The number of para-hydroxylation sites is 1. The third-order valence-corrected chi connectivity index (χ3v) is 6.22. The lowest BCUT2D eigenvalue weighted by molar-refractivity contribution is 0.464. The molecule has 2 saturated heterocycles. The second-order valence-electron chi connectivity index (χ2n) is 6.88. The number of fused-ring (bicyclic) bond motifs is 2. The van der Waals surface area contributed by atoms with Crippen molar-refractivity contribution >= 4 is 17.4 Å². The zero-order valence-corrected chi connectivity index (χ0v) is 14.7. The molecular weight excluding hydrogens is 300 g/mol. The van der Waals surface area contributed by atoms with Gasteiger partial charge in [-0.1, -0.05) is 41.6 Å². The van der Waals surface area contributed by atoms with Gasteiger partial charge in [-0.15, -0.1) is 0 Å². The minimum absolute atomic E-state index is 0.674. The summed E-state index contributed by atoms with van der Waals surface area (Å²) in [5, 5.41) is 3.73. The third kappa shape index (κ3) is 3.13. The lowest BCUT2D eigenvalue weighted by atomic mass is 10.2. The van der Waals surface area contributed by atoms with Gasteiger partial charge in [-0.25, -0.2) is 0 Å². The summed E-state index contributed by atoms with van der Waals surface area (Å²) in [4.78, 5) is 5.33. The Hall–Kier alpha value is -1.45. The maximum Gasteiger partial charge on any atom is 0.0509 e. The van der Waals surface area contributed by atoms with Gasteiger partial charge in [0.2, 0.25) is 0 Å². The van der Waals surface area contributed by atoms with Gasteiger partial charge in [-0.3, -0.25) is 0 Å². The van der Waals surface area contributed by atoms with Crippen molar-refractivity contribution in [1.82, 2.24) is 5.32 Å². The first-order valence-electron chi connectivity index (χ1n) is 8.54. The predicted molar refractivity (Wildman–Crippen MR) is 98.6 cm³/mol. The Balaban J connectivity index is 1.62. The van der Waals surface area contributed by atoms with E-state index in [1.54, 1.807) is 0 Å². The van der Waals surface area contributed by atoms with E-state index in [1.165, 1.54) is 39.4 Å². The maximum atomic E-state index is 3.73. The smallest absolute Gasteiger partial charge is 0.0509 e. The van der Waals surface area contributed by atoms with E-state index >= 15 is 0 Å². The molecule has 2 heterocycles. The van der Waals surface area contributed by atoms with Gasteiger partial charge in [0, 0.05) is 35.0 Å². The van der Waals surface area contributed by atoms with Gasteiger partial charge in [-0.2, -0.15) is 0 Å². The summed E-state index contributed by atoms with van der Waals surface area (Å²) in [6, 6.07) is 17.0. The SMILES string of the molecule is Cc1ccc(Sc2ccccc2N2CC3CCC(C2)N3)c(C)c1. The van der Waals surface area contributed by atoms with E-state index in [2.05, 4.69) is 66.5 Å². The van der Waals surface area contributed by atoms with Gasteiger partial charge in [0.15, 0.2) is 0 Å². The Bertz CT molecular complexity index is 701. The molecule has 4 rings (SSSR count). The quantitative estimate of drug-likeness (QED) is 0.901. The van der Waals surface area contributed by atoms with Crippen molar-refractivity contribution in [3.05, 3.63) is 53.6 Å². The average molecular weight is 324 g/mol. The highest BCUT2D eigenvalue weighted by Crippen LogP contribution is 2.38. The molecule has 120 valence electrons. The molecule has 0 spiro atoms. The third-order valence-electron chi connectivity index (χ3n) is 4.97. The largest absolute Gasteiger partial charge is 0.367 e. The van der Waals surface area contributed by atoms with E-state index in [1.807, 2.05) is 11.8 Å². The van der Waals surface area contributed by atoms with E-state index in [9.17, 15) is 0 Å². The number of aryl methyl sites for hydroxylation is 2. The minimum Gasteiger partial charge on any atom is -0.367 e. The second-order valence-corrected chi connectivity index (χ2v) is 7.97. The Morgan fingerprint density at radius 2 is 1.70 bits per heavy atom. The summed E-state index contributed by atoms with van der Waals surface area (Å²) in [6.45, 7) is 6.65. The van der Waals surface area contributed by atoms with Crippen LogP contribution in [0.25, 0.3) is 0 Å². The Morgan fingerprint density at radius 1 is 0.957 bits per heavy atom. The summed E-state index contributed by atoms with van der Waals surface area (Å²) in [5.74, 6) is 0. The van der Waals surface area contributed by atoms with Gasteiger partial charge < -0.3 is 10.2 Å². The standard InChI is InChI=1S/C20H24N2S/c1-14-7-10-19(15(2)11-14)23-20-6-4-3-5-18(20)22-12-16-8-9-17(13-22)21-16/h3-7,10-11,16-17,21H,8-9,12-13H2,1-2H3. The summed E-state index contributed by atoms with van der Waals surface area (Å²) < 4.78 is 0. The second kappa shape index (κ2) is 6.21. The van der Waals surface area contributed by atoms with Crippen molar-refractivity contribution in [3.63, 3.8) is 0 Å². The van der Waals surface area contributed by atoms with Crippen LogP contribution in [0.4, 0.5) is 5.69 Å². The van der Waals surface area contributed by atoms with Gasteiger partial charge in [0.05, 0.1) is 5.69 Å². The van der Waals surface area contributed by atoms with Crippen LogP contribution in [0.3, 0.4) is 0 Å². The molecule has 2 bridgehead atoms. The molecule has 2 aliphatic heterocycles. The Morgan fingerprint density at radius 3 is 2.43 bits per heavy atom. The van der Waals surface area contributed by atoms with Crippen molar-refractivity contribution in [2.45, 2.75) is 48.6 Å². The van der Waals surface area contributed by atoms with Crippen molar-refractivity contribution in [3.8, 4) is 0 Å². The lowest BCUT2D eigenvalue weighted by Gasteiger charge is -2.35. The highest BCUT2D eigenvalue weighted by atomic mass is 32.2. The van der Waals surface area contributed by atoms with Crippen molar-refractivity contribution in [2.24, 2.45) is 0 Å². The van der Waals surface area contributed by atoms with Crippen LogP contribution in [-0.2, 0) is 0 Å². The molecule has 2 nitrogen and oxygen atoms in total. The van der Waals surface area contributed by atoms with E-state index in [4.69, 9.17) is 0 Å². The maximum absolute atomic E-state index is 3.73. The molecule has 2 aliphatic rings. The molecule has 0 radical (unpaired) electrons. The van der Waals surface area contributed by atoms with Gasteiger partial charge in [0.1, 0.15) is 0 Å². The van der Waals surface area contributed by atoms with E-state index < -0.39 is 0 Å². The van der Waals surface area contributed by atoms with Crippen LogP contribution in [0.1, 0.15) is 24.0 Å². The zero-order valence-electron chi connectivity index (χ0n) is 13.9. The molecule has 2 atom stereocenters. The Labute approximate surface area is 143 Å². The number of benzene rings is 2. The van der Waals surface area contributed by atoms with E-state index in [0.29, 0.717) is 12.1 Å². The Kier molecular flexibility index (Phi) is 4.08. The number of piperazine rings is 1. The van der Waals surface area contributed by atoms with Gasteiger partial charge in [-0.05, 0) is 50.5 Å². The fraction of sp³-hybridized carbons (Fsp3) is 0.400. The van der Waals surface area contributed by atoms with Crippen LogP contribution in [-0.4, -0.2) is 25.2 Å². The zero-order chi connectivity index (χ0) is 15.8. The van der Waals surface area contributed by atoms with Crippen molar-refractivity contribution in [2.75, 3.05) is 18.0 Å². The molecule has 2 aromatic carbocycles. The first kappa shape index (κ1) is 15.1. The van der Waals surface area contributed by atoms with Crippen LogP contribution in [0.15, 0.2) is 52.3 Å². The van der Waals surface area contributed by atoms with Crippen LogP contribution in [0, 0.1) is 13.8 Å². The fourth-order valence-electron chi connectivity index (χ4n) is 3.83. The highest BCUT2D eigenvalue weighted by Gasteiger charge is 2.32. The minimum atomic E-state index is 0.674. The van der Waals surface area contributed by atoms with E-state index in [-0.39, 0.29) is 0 Å². The number of rotatable bonds is 3. The molecule has 0 aliphatic carbocycles. The lowest BCUT2D eigenvalue weighted by Crippen LogP contribution is -2.51. The first-order chi connectivity index (χ1) is 11.2. The molecule has 23 heavy (non-hydrogen) atoms. The van der Waals surface area contributed by atoms with Crippen LogP contribution in [0.2, 0.25) is 0 Å². The van der Waals surface area contributed by atoms with Crippen LogP contribution in [0.5, 0.6) is 0 Å². The molecule has 2 fully saturated rings. The molecule has 0 saturated carbocycles. The summed E-state index contributed by atoms with van der Waals surface area (Å²) in [5.41, 5.74) is 4.10. The van der Waals surface area contributed by atoms with Crippen LogP contribution < -0.4 is 10.2 Å². The number of nitrogens with zero attached hydrogens (tertiary/aromatic N) is 1. The summed E-state index contributed by atoms with van der Waals surface area (Å²) in [7, 11) is 0. The topological polar surface area (TPSA) is 15.3 Å². The molecule has 1 N–H and O–H groups in total. The predicted octanol–water partition coefficient (Wildman–Crippen LogP) is 4.40. The molecular formula is C20H24N2S. The average Bonchev–Trinajstić information content (AvgIpc) is 2.89. The number of anilines is 1. The molecule has 2 unspecified atom stereocenters.